The topological polar surface area (TPSA) is 24.5 Å². The normalized spacial score (nSPS) is 16.9. The number of hydrogen-bond donors (Lipinski definition) is 1. The molecule has 0 spiro atoms. The van der Waals surface area contributed by atoms with Crippen molar-refractivity contribution in [2.45, 2.75) is 19.9 Å². The van der Waals surface area contributed by atoms with E-state index in [2.05, 4.69) is 35.3 Å². The van der Waals surface area contributed by atoms with Gasteiger partial charge in [0.2, 0.25) is 0 Å². The maximum Gasteiger partial charge on any atom is 0.119 e. The molecule has 2 rings (SSSR count). The third-order valence-electron chi connectivity index (χ3n) is 3.35. The van der Waals surface area contributed by atoms with Crippen molar-refractivity contribution in [3.8, 4) is 5.75 Å². The van der Waals surface area contributed by atoms with Crippen LogP contribution in [-0.2, 0) is 0 Å². The van der Waals surface area contributed by atoms with Crippen molar-refractivity contribution in [2.24, 2.45) is 0 Å². The zero-order valence-corrected chi connectivity index (χ0v) is 13.2. The number of nitrogens with one attached hydrogen (secondary N) is 1. The molecule has 0 unspecified atom stereocenters. The van der Waals surface area contributed by atoms with Gasteiger partial charge in [-0.3, -0.25) is 4.90 Å². The molecule has 19 heavy (non-hydrogen) atoms. The molecule has 110 valence electrons. The molecule has 1 aliphatic heterocycles. The van der Waals surface area contributed by atoms with Gasteiger partial charge in [-0.15, -0.1) is 24.8 Å². The molecule has 5 heteroatoms. The van der Waals surface area contributed by atoms with E-state index >= 15 is 0 Å². The number of hydrogen-bond acceptors (Lipinski definition) is 3. The largest absolute Gasteiger partial charge is 0.494 e. The molecule has 1 N–H and O–H groups in total. The molecule has 1 atom stereocenters. The van der Waals surface area contributed by atoms with Crippen molar-refractivity contribution >= 4 is 24.8 Å². The lowest BCUT2D eigenvalue weighted by Crippen LogP contribution is -2.44. The van der Waals surface area contributed by atoms with E-state index in [0.29, 0.717) is 6.04 Å². The van der Waals surface area contributed by atoms with Crippen LogP contribution in [0.3, 0.4) is 0 Å². The van der Waals surface area contributed by atoms with Crippen LogP contribution in [0.1, 0.15) is 25.5 Å². The Morgan fingerprint density at radius 2 is 1.95 bits per heavy atom. The molecule has 0 bridgehead atoms. The Hall–Kier alpha value is -0.480. The molecule has 1 aromatic carbocycles. The lowest BCUT2D eigenvalue weighted by molar-refractivity contribution is 0.185. The van der Waals surface area contributed by atoms with Gasteiger partial charge in [-0.05, 0) is 31.5 Å². The van der Waals surface area contributed by atoms with Gasteiger partial charge in [-0.25, -0.2) is 0 Å². The molecule has 1 fully saturated rings. The second-order valence-corrected chi connectivity index (χ2v) is 4.47. The molecule has 0 radical (unpaired) electrons. The van der Waals surface area contributed by atoms with Crippen LogP contribution in [0.2, 0.25) is 0 Å². The van der Waals surface area contributed by atoms with E-state index in [1.165, 1.54) is 5.56 Å². The fraction of sp³-hybridized carbons (Fsp3) is 0.571. The van der Waals surface area contributed by atoms with Gasteiger partial charge in [0.15, 0.2) is 0 Å². The van der Waals surface area contributed by atoms with Gasteiger partial charge in [-0.2, -0.15) is 0 Å². The van der Waals surface area contributed by atoms with Crippen molar-refractivity contribution in [1.29, 1.82) is 0 Å². The molecular formula is C14H24Cl2N2O. The van der Waals surface area contributed by atoms with Crippen LogP contribution in [0.25, 0.3) is 0 Å². The van der Waals surface area contributed by atoms with Crippen molar-refractivity contribution in [1.82, 2.24) is 10.2 Å². The first kappa shape index (κ1) is 18.5. The van der Waals surface area contributed by atoms with Gasteiger partial charge in [-0.1, -0.05) is 12.1 Å². The van der Waals surface area contributed by atoms with Crippen LogP contribution >= 0.6 is 24.8 Å². The molecule has 1 heterocycles. The van der Waals surface area contributed by atoms with Crippen LogP contribution < -0.4 is 10.1 Å². The highest BCUT2D eigenvalue weighted by Gasteiger charge is 2.17. The first-order valence-corrected chi connectivity index (χ1v) is 6.49. The fourth-order valence-corrected chi connectivity index (χ4v) is 2.31. The van der Waals surface area contributed by atoms with Crippen molar-refractivity contribution in [2.75, 3.05) is 32.8 Å². The summed E-state index contributed by atoms with van der Waals surface area (Å²) in [7, 11) is 0. The van der Waals surface area contributed by atoms with Crippen LogP contribution in [0.15, 0.2) is 24.3 Å². The Morgan fingerprint density at radius 3 is 2.58 bits per heavy atom. The van der Waals surface area contributed by atoms with Crippen molar-refractivity contribution < 1.29 is 4.74 Å². The van der Waals surface area contributed by atoms with E-state index in [0.717, 1.165) is 38.5 Å². The van der Waals surface area contributed by atoms with E-state index in [1.54, 1.807) is 0 Å². The number of rotatable bonds is 4. The number of ether oxygens (including phenoxy) is 1. The van der Waals surface area contributed by atoms with Crippen LogP contribution in [-0.4, -0.2) is 37.7 Å². The van der Waals surface area contributed by atoms with Gasteiger partial charge in [0, 0.05) is 32.2 Å². The molecule has 0 saturated carbocycles. The minimum Gasteiger partial charge on any atom is -0.494 e. The predicted molar refractivity (Wildman–Crippen MR) is 85.0 cm³/mol. The minimum absolute atomic E-state index is 0. The fourth-order valence-electron chi connectivity index (χ4n) is 2.31. The zero-order chi connectivity index (χ0) is 12.1. The SMILES string of the molecule is CCOc1cccc([C@H](C)N2CCNCC2)c1.Cl.Cl. The number of benzene rings is 1. The highest BCUT2D eigenvalue weighted by molar-refractivity contribution is 5.85. The quantitative estimate of drug-likeness (QED) is 0.926. The monoisotopic (exact) mass is 306 g/mol. The third-order valence-corrected chi connectivity index (χ3v) is 3.35. The van der Waals surface area contributed by atoms with Crippen LogP contribution in [0.5, 0.6) is 5.75 Å². The van der Waals surface area contributed by atoms with E-state index < -0.39 is 0 Å². The summed E-state index contributed by atoms with van der Waals surface area (Å²) < 4.78 is 5.55. The van der Waals surface area contributed by atoms with E-state index in [4.69, 9.17) is 4.74 Å². The Balaban J connectivity index is 0.00000162. The minimum atomic E-state index is 0. The second-order valence-electron chi connectivity index (χ2n) is 4.47. The Kier molecular flexibility index (Phi) is 9.19. The van der Waals surface area contributed by atoms with E-state index in [1.807, 2.05) is 13.0 Å². The third kappa shape index (κ3) is 5.19. The summed E-state index contributed by atoms with van der Waals surface area (Å²) in [5.74, 6) is 0.979. The first-order chi connectivity index (χ1) is 8.31. The number of nitrogens with zero attached hydrogens (tertiary/aromatic N) is 1. The predicted octanol–water partition coefficient (Wildman–Crippen LogP) is 2.90. The second kappa shape index (κ2) is 9.43. The van der Waals surface area contributed by atoms with Gasteiger partial charge in [0.25, 0.3) is 0 Å². The Bertz CT molecular complexity index is 357. The van der Waals surface area contributed by atoms with Crippen LogP contribution in [0, 0.1) is 0 Å². The van der Waals surface area contributed by atoms with Gasteiger partial charge >= 0.3 is 0 Å². The molecule has 1 aliphatic rings. The zero-order valence-electron chi connectivity index (χ0n) is 11.6. The molecule has 0 aliphatic carbocycles. The molecule has 0 amide bonds. The summed E-state index contributed by atoms with van der Waals surface area (Å²) >= 11 is 0. The molecule has 1 aromatic rings. The highest BCUT2D eigenvalue weighted by atomic mass is 35.5. The molecule has 0 aromatic heterocycles. The molecule has 1 saturated heterocycles. The highest BCUT2D eigenvalue weighted by Crippen LogP contribution is 2.24. The Morgan fingerprint density at radius 1 is 1.26 bits per heavy atom. The van der Waals surface area contributed by atoms with Crippen molar-refractivity contribution in [3.63, 3.8) is 0 Å². The maximum absolute atomic E-state index is 5.55. The van der Waals surface area contributed by atoms with Crippen LogP contribution in [0.4, 0.5) is 0 Å². The van der Waals surface area contributed by atoms with Crippen molar-refractivity contribution in [3.05, 3.63) is 29.8 Å². The summed E-state index contributed by atoms with van der Waals surface area (Å²) in [5, 5.41) is 3.39. The summed E-state index contributed by atoms with van der Waals surface area (Å²) in [4.78, 5) is 2.52. The molecule has 3 nitrogen and oxygen atoms in total. The first-order valence-electron chi connectivity index (χ1n) is 6.49. The van der Waals surface area contributed by atoms with Gasteiger partial charge < -0.3 is 10.1 Å². The van der Waals surface area contributed by atoms with E-state index in [-0.39, 0.29) is 24.8 Å². The lowest BCUT2D eigenvalue weighted by atomic mass is 10.1. The van der Waals surface area contributed by atoms with Gasteiger partial charge in [0.1, 0.15) is 5.75 Å². The smallest absolute Gasteiger partial charge is 0.119 e. The average molecular weight is 307 g/mol. The number of halogens is 2. The summed E-state index contributed by atoms with van der Waals surface area (Å²) in [5.41, 5.74) is 1.35. The number of piperazine rings is 1. The standard InChI is InChI=1S/C14H22N2O.2ClH/c1-3-17-14-6-4-5-13(11-14)12(2)16-9-7-15-8-10-16;;/h4-6,11-12,15H,3,7-10H2,1-2H3;2*1H/t12-;;/m0../s1. The Labute approximate surface area is 128 Å². The van der Waals surface area contributed by atoms with E-state index in [9.17, 15) is 0 Å². The lowest BCUT2D eigenvalue weighted by Gasteiger charge is -2.33. The average Bonchev–Trinajstić information content (AvgIpc) is 2.40. The summed E-state index contributed by atoms with van der Waals surface area (Å²) in [6.45, 7) is 9.46. The summed E-state index contributed by atoms with van der Waals surface area (Å²) in [6.07, 6.45) is 0. The van der Waals surface area contributed by atoms with Gasteiger partial charge in [0.05, 0.1) is 6.61 Å². The maximum atomic E-state index is 5.55. The molecular weight excluding hydrogens is 283 g/mol. The summed E-state index contributed by atoms with van der Waals surface area (Å²) in [6, 6.07) is 8.93.